The molecule has 0 saturated carbocycles. The van der Waals surface area contributed by atoms with E-state index in [2.05, 4.69) is 0 Å². The third-order valence-electron chi connectivity index (χ3n) is 6.68. The summed E-state index contributed by atoms with van der Waals surface area (Å²) in [6.45, 7) is 4.27. The molecule has 0 unspecified atom stereocenters. The predicted molar refractivity (Wildman–Crippen MR) is 83.6 cm³/mol. The zero-order valence-electron chi connectivity index (χ0n) is 14.3. The SMILES string of the molecule is C1CO[C@]2(C1)OC1(CCOCC1)[C@@]1(CCCO1)OC21CCOCC1. The second kappa shape index (κ2) is 5.63. The molecule has 5 fully saturated rings. The summed E-state index contributed by atoms with van der Waals surface area (Å²) in [6.07, 6.45) is 7.07. The highest BCUT2D eigenvalue weighted by Gasteiger charge is 2.73. The lowest BCUT2D eigenvalue weighted by atomic mass is 9.75. The molecule has 0 radical (unpaired) electrons. The molecule has 0 N–H and O–H groups in total. The van der Waals surface area contributed by atoms with E-state index in [0.717, 1.165) is 64.6 Å². The number of ether oxygens (including phenoxy) is 6. The molecule has 6 heteroatoms. The van der Waals surface area contributed by atoms with Crippen LogP contribution in [0.3, 0.4) is 0 Å². The van der Waals surface area contributed by atoms with Crippen molar-refractivity contribution < 1.29 is 28.4 Å². The lowest BCUT2D eigenvalue weighted by Crippen LogP contribution is -2.76. The maximum Gasteiger partial charge on any atom is 0.198 e. The fraction of sp³-hybridized carbons (Fsp3) is 1.00. The third-order valence-corrected chi connectivity index (χ3v) is 6.68. The van der Waals surface area contributed by atoms with E-state index >= 15 is 0 Å². The molecular formula is C18H28O6. The fourth-order valence-electron chi connectivity index (χ4n) is 5.45. The van der Waals surface area contributed by atoms with Crippen LogP contribution in [0.15, 0.2) is 0 Å². The maximum absolute atomic E-state index is 6.99. The maximum atomic E-state index is 6.99. The molecule has 136 valence electrons. The highest BCUT2D eigenvalue weighted by atomic mass is 16.8. The molecule has 0 aliphatic carbocycles. The Kier molecular flexibility index (Phi) is 3.75. The largest absolute Gasteiger partial charge is 0.381 e. The predicted octanol–water partition coefficient (Wildman–Crippen LogP) is 2.15. The first-order chi connectivity index (χ1) is 11.7. The zero-order valence-corrected chi connectivity index (χ0v) is 14.3. The molecule has 5 rings (SSSR count). The van der Waals surface area contributed by atoms with E-state index < -0.39 is 22.8 Å². The summed E-state index contributed by atoms with van der Waals surface area (Å²) in [6, 6.07) is 0. The number of fused-ring (bicyclic) bond motifs is 2. The van der Waals surface area contributed by atoms with E-state index in [1.165, 1.54) is 0 Å². The van der Waals surface area contributed by atoms with Gasteiger partial charge in [0.25, 0.3) is 0 Å². The van der Waals surface area contributed by atoms with Crippen LogP contribution < -0.4 is 0 Å². The van der Waals surface area contributed by atoms with Crippen LogP contribution in [0.2, 0.25) is 0 Å². The Morgan fingerprint density at radius 2 is 0.875 bits per heavy atom. The third kappa shape index (κ3) is 2.04. The summed E-state index contributed by atoms with van der Waals surface area (Å²) < 4.78 is 37.9. The van der Waals surface area contributed by atoms with Crippen LogP contribution in [-0.2, 0) is 28.4 Å². The Balaban J connectivity index is 1.58. The van der Waals surface area contributed by atoms with Gasteiger partial charge in [-0.15, -0.1) is 0 Å². The quantitative estimate of drug-likeness (QED) is 0.673. The van der Waals surface area contributed by atoms with E-state index in [-0.39, 0.29) is 0 Å². The standard InChI is InChI=1S/C18H28O6/c1-3-17(21-9-1)15(5-11-19-12-6-15)24-18(4-2-10-22-18)16(23-17)7-13-20-14-8-16/h1-14H2/t17-,18-/m1/s1. The van der Waals surface area contributed by atoms with Crippen molar-refractivity contribution in [3.8, 4) is 0 Å². The van der Waals surface area contributed by atoms with Gasteiger partial charge in [0.1, 0.15) is 11.2 Å². The van der Waals surface area contributed by atoms with Crippen molar-refractivity contribution in [1.29, 1.82) is 0 Å². The summed E-state index contributed by atoms with van der Waals surface area (Å²) >= 11 is 0. The van der Waals surface area contributed by atoms with Crippen LogP contribution in [0, 0.1) is 0 Å². The van der Waals surface area contributed by atoms with Gasteiger partial charge < -0.3 is 28.4 Å². The van der Waals surface area contributed by atoms with Gasteiger partial charge in [-0.25, -0.2) is 0 Å². The van der Waals surface area contributed by atoms with Crippen molar-refractivity contribution in [2.75, 3.05) is 39.6 Å². The average Bonchev–Trinajstić information content (AvgIpc) is 3.27. The van der Waals surface area contributed by atoms with Gasteiger partial charge in [0.2, 0.25) is 0 Å². The first kappa shape index (κ1) is 16.0. The summed E-state index contributed by atoms with van der Waals surface area (Å²) in [7, 11) is 0. The highest BCUT2D eigenvalue weighted by molar-refractivity contribution is 5.13. The van der Waals surface area contributed by atoms with Crippen LogP contribution in [0.5, 0.6) is 0 Å². The minimum atomic E-state index is -0.648. The lowest BCUT2D eigenvalue weighted by Gasteiger charge is -2.64. The molecule has 0 aromatic rings. The second-order valence-electron chi connectivity index (χ2n) is 7.83. The van der Waals surface area contributed by atoms with Gasteiger partial charge in [0, 0.05) is 65.0 Å². The minimum absolute atomic E-state index is 0.449. The van der Waals surface area contributed by atoms with Crippen molar-refractivity contribution in [2.45, 2.75) is 74.1 Å². The van der Waals surface area contributed by atoms with Crippen LogP contribution in [0.1, 0.15) is 51.4 Å². The van der Waals surface area contributed by atoms with Crippen LogP contribution in [0.25, 0.3) is 0 Å². The summed E-state index contributed by atoms with van der Waals surface area (Å²) in [5.74, 6) is -1.30. The fourth-order valence-corrected chi connectivity index (χ4v) is 5.45. The molecule has 5 heterocycles. The number of rotatable bonds is 0. The smallest absolute Gasteiger partial charge is 0.198 e. The zero-order chi connectivity index (χ0) is 16.1. The Labute approximate surface area is 143 Å². The Morgan fingerprint density at radius 3 is 1.21 bits per heavy atom. The Bertz CT molecular complexity index is 424. The van der Waals surface area contributed by atoms with Crippen LogP contribution in [0.4, 0.5) is 0 Å². The molecule has 5 saturated heterocycles. The molecule has 4 spiro atoms. The summed E-state index contributed by atoms with van der Waals surface area (Å²) in [5, 5.41) is 0. The molecule has 0 bridgehead atoms. The minimum Gasteiger partial charge on any atom is -0.381 e. The molecular weight excluding hydrogens is 312 g/mol. The van der Waals surface area contributed by atoms with E-state index in [4.69, 9.17) is 28.4 Å². The van der Waals surface area contributed by atoms with Crippen molar-refractivity contribution >= 4 is 0 Å². The van der Waals surface area contributed by atoms with E-state index in [1.807, 2.05) is 0 Å². The van der Waals surface area contributed by atoms with Crippen LogP contribution in [-0.4, -0.2) is 62.4 Å². The van der Waals surface area contributed by atoms with Gasteiger partial charge in [0.05, 0.1) is 13.2 Å². The van der Waals surface area contributed by atoms with Crippen molar-refractivity contribution in [3.63, 3.8) is 0 Å². The van der Waals surface area contributed by atoms with E-state index in [9.17, 15) is 0 Å². The normalized spacial score (nSPS) is 44.0. The first-order valence-corrected chi connectivity index (χ1v) is 9.58. The molecule has 0 amide bonds. The Hall–Kier alpha value is -0.240. The van der Waals surface area contributed by atoms with Crippen molar-refractivity contribution in [2.24, 2.45) is 0 Å². The van der Waals surface area contributed by atoms with Gasteiger partial charge in [-0.3, -0.25) is 0 Å². The monoisotopic (exact) mass is 340 g/mol. The number of hydrogen-bond acceptors (Lipinski definition) is 6. The summed E-state index contributed by atoms with van der Waals surface area (Å²) in [5.41, 5.74) is -0.898. The molecule has 24 heavy (non-hydrogen) atoms. The lowest BCUT2D eigenvalue weighted by molar-refractivity contribution is -0.498. The molecule has 0 aromatic heterocycles. The van der Waals surface area contributed by atoms with Gasteiger partial charge in [-0.05, 0) is 12.8 Å². The van der Waals surface area contributed by atoms with Crippen molar-refractivity contribution in [1.82, 2.24) is 0 Å². The summed E-state index contributed by atoms with van der Waals surface area (Å²) in [4.78, 5) is 0. The molecule has 6 nitrogen and oxygen atoms in total. The van der Waals surface area contributed by atoms with Gasteiger partial charge >= 0.3 is 0 Å². The van der Waals surface area contributed by atoms with Gasteiger partial charge in [-0.2, -0.15) is 0 Å². The first-order valence-electron chi connectivity index (χ1n) is 9.58. The molecule has 2 atom stereocenters. The van der Waals surface area contributed by atoms with E-state index in [0.29, 0.717) is 26.4 Å². The molecule has 0 aromatic carbocycles. The van der Waals surface area contributed by atoms with Gasteiger partial charge in [-0.1, -0.05) is 0 Å². The molecule has 5 aliphatic rings. The Morgan fingerprint density at radius 1 is 0.458 bits per heavy atom. The van der Waals surface area contributed by atoms with Crippen molar-refractivity contribution in [3.05, 3.63) is 0 Å². The molecule has 5 aliphatic heterocycles. The highest BCUT2D eigenvalue weighted by Crippen LogP contribution is 2.60. The van der Waals surface area contributed by atoms with E-state index in [1.54, 1.807) is 0 Å². The second-order valence-corrected chi connectivity index (χ2v) is 7.83. The number of hydrogen-bond donors (Lipinski definition) is 0. The topological polar surface area (TPSA) is 55.4 Å². The average molecular weight is 340 g/mol. The van der Waals surface area contributed by atoms with Crippen LogP contribution >= 0.6 is 0 Å². The van der Waals surface area contributed by atoms with Gasteiger partial charge in [0.15, 0.2) is 11.6 Å².